The molecule has 0 saturated carbocycles. The van der Waals surface area contributed by atoms with Crippen LogP contribution in [0, 0.1) is 0 Å². The van der Waals surface area contributed by atoms with Crippen molar-refractivity contribution in [2.75, 3.05) is 6.54 Å². The molecule has 10 heteroatoms. The first-order valence-electron chi connectivity index (χ1n) is 6.09. The van der Waals surface area contributed by atoms with Gasteiger partial charge in [-0.1, -0.05) is 6.42 Å². The van der Waals surface area contributed by atoms with Gasteiger partial charge in [-0.05, 0) is 25.8 Å². The standard InChI is InChI=1S/C6H14N2O2.C5H9NO4.Na/c7-4-2-1-3-5(8)6(9)10;6-3(5(9)10)1-2-4(7)8;/h5H,1-4,7-8H2,(H,9,10);3H,1-2,6H2,(H,7,8)(H,9,10);/q;;+1/p-1/t5-;3-;/m00./s1. The van der Waals surface area contributed by atoms with Gasteiger partial charge in [0.1, 0.15) is 6.04 Å². The zero-order valence-electron chi connectivity index (χ0n) is 12.2. The number of hydrogen-bond acceptors (Lipinski definition) is 7. The predicted octanol–water partition coefficient (Wildman–Crippen LogP) is -5.54. The molecular weight excluding hydrogens is 293 g/mol. The number of hydrogen-bond donors (Lipinski definition) is 5. The third-order valence-corrected chi connectivity index (χ3v) is 2.26. The van der Waals surface area contributed by atoms with Crippen LogP contribution in [0.1, 0.15) is 32.1 Å². The third-order valence-electron chi connectivity index (χ3n) is 2.26. The number of aliphatic carboxylic acids is 3. The maximum atomic E-state index is 10.1. The SMILES string of the molecule is NCCCC[C@H](N)C(=O)O.N[C@@H](CCC(=O)O)C(=O)[O-].[Na+]. The van der Waals surface area contributed by atoms with E-state index in [1.54, 1.807) is 0 Å². The number of nitrogens with two attached hydrogens (primary N) is 3. The molecule has 21 heavy (non-hydrogen) atoms. The molecule has 0 aromatic heterocycles. The zero-order valence-corrected chi connectivity index (χ0v) is 14.2. The van der Waals surface area contributed by atoms with E-state index in [9.17, 15) is 19.5 Å². The molecule has 0 aliphatic heterocycles. The van der Waals surface area contributed by atoms with E-state index in [4.69, 9.17) is 27.4 Å². The van der Waals surface area contributed by atoms with Crippen LogP contribution in [-0.4, -0.2) is 46.7 Å². The molecule has 0 aromatic rings. The number of rotatable bonds is 9. The van der Waals surface area contributed by atoms with Gasteiger partial charge in [-0.25, -0.2) is 0 Å². The van der Waals surface area contributed by atoms with E-state index in [0.717, 1.165) is 12.8 Å². The van der Waals surface area contributed by atoms with Crippen molar-refractivity contribution in [3.8, 4) is 0 Å². The summed E-state index contributed by atoms with van der Waals surface area (Å²) < 4.78 is 0. The van der Waals surface area contributed by atoms with Crippen molar-refractivity contribution in [1.29, 1.82) is 0 Å². The van der Waals surface area contributed by atoms with Crippen molar-refractivity contribution in [3.63, 3.8) is 0 Å². The number of carbonyl (C=O) groups excluding carboxylic acids is 1. The van der Waals surface area contributed by atoms with E-state index in [1.807, 2.05) is 0 Å². The summed E-state index contributed by atoms with van der Waals surface area (Å²) in [6.07, 6.45) is 1.84. The van der Waals surface area contributed by atoms with Crippen LogP contribution in [0.25, 0.3) is 0 Å². The molecule has 9 nitrogen and oxygen atoms in total. The predicted molar refractivity (Wildman–Crippen MR) is 68.4 cm³/mol. The van der Waals surface area contributed by atoms with Gasteiger partial charge < -0.3 is 37.3 Å². The van der Waals surface area contributed by atoms with E-state index in [-0.39, 0.29) is 42.4 Å². The van der Waals surface area contributed by atoms with Crippen molar-refractivity contribution < 1.29 is 59.3 Å². The minimum atomic E-state index is -1.42. The van der Waals surface area contributed by atoms with Crippen molar-refractivity contribution >= 4 is 17.9 Å². The molecule has 0 aliphatic carbocycles. The number of unbranched alkanes of at least 4 members (excludes halogenated alkanes) is 1. The Labute approximate surface area is 145 Å². The molecule has 118 valence electrons. The summed E-state index contributed by atoms with van der Waals surface area (Å²) in [5.74, 6) is -3.41. The van der Waals surface area contributed by atoms with Gasteiger partial charge in [-0.2, -0.15) is 0 Å². The molecule has 0 heterocycles. The maximum absolute atomic E-state index is 10.1. The fraction of sp³-hybridized carbons (Fsp3) is 0.727. The van der Waals surface area contributed by atoms with Crippen molar-refractivity contribution in [2.24, 2.45) is 17.2 Å². The molecule has 0 aliphatic rings. The summed E-state index contributed by atoms with van der Waals surface area (Å²) in [5.41, 5.74) is 15.4. The molecule has 0 fully saturated rings. The minimum Gasteiger partial charge on any atom is -0.548 e. The van der Waals surface area contributed by atoms with E-state index >= 15 is 0 Å². The molecular formula is C11H22N3NaO6. The summed E-state index contributed by atoms with van der Waals surface area (Å²) in [5, 5.41) is 26.3. The Balaban J connectivity index is -0.000000295. The van der Waals surface area contributed by atoms with Crippen LogP contribution in [0.3, 0.4) is 0 Å². The summed E-state index contributed by atoms with van der Waals surface area (Å²) in [6, 6.07) is -1.89. The molecule has 0 unspecified atom stereocenters. The summed E-state index contributed by atoms with van der Waals surface area (Å²) in [6.45, 7) is 0.604. The molecule has 0 bridgehead atoms. The first-order valence-corrected chi connectivity index (χ1v) is 6.09. The summed E-state index contributed by atoms with van der Waals surface area (Å²) in [7, 11) is 0. The largest absolute Gasteiger partial charge is 1.00 e. The second-order valence-electron chi connectivity index (χ2n) is 4.09. The van der Waals surface area contributed by atoms with Crippen molar-refractivity contribution in [2.45, 2.75) is 44.2 Å². The average Bonchev–Trinajstić information content (AvgIpc) is 2.36. The van der Waals surface area contributed by atoms with Crippen LogP contribution in [0.4, 0.5) is 0 Å². The van der Waals surface area contributed by atoms with E-state index in [2.05, 4.69) is 0 Å². The van der Waals surface area contributed by atoms with Gasteiger partial charge >= 0.3 is 41.5 Å². The maximum Gasteiger partial charge on any atom is 1.00 e. The molecule has 0 spiro atoms. The van der Waals surface area contributed by atoms with E-state index in [1.165, 1.54) is 0 Å². The van der Waals surface area contributed by atoms with Crippen LogP contribution in [-0.2, 0) is 14.4 Å². The Morgan fingerprint density at radius 2 is 1.52 bits per heavy atom. The number of carboxylic acids is 3. The smallest absolute Gasteiger partial charge is 0.548 e. The van der Waals surface area contributed by atoms with Crippen LogP contribution >= 0.6 is 0 Å². The molecule has 0 rings (SSSR count). The Morgan fingerprint density at radius 3 is 1.86 bits per heavy atom. The Hall–Kier alpha value is -0.710. The molecule has 0 radical (unpaired) electrons. The topological polar surface area (TPSA) is 193 Å². The number of carbonyl (C=O) groups is 3. The van der Waals surface area contributed by atoms with Crippen molar-refractivity contribution in [1.82, 2.24) is 0 Å². The van der Waals surface area contributed by atoms with E-state index < -0.39 is 30.0 Å². The monoisotopic (exact) mass is 315 g/mol. The van der Waals surface area contributed by atoms with Crippen LogP contribution in [0.2, 0.25) is 0 Å². The molecule has 0 aromatic carbocycles. The zero-order chi connectivity index (χ0) is 16.1. The summed E-state index contributed by atoms with van der Waals surface area (Å²) >= 11 is 0. The van der Waals surface area contributed by atoms with Gasteiger partial charge in [-0.15, -0.1) is 0 Å². The van der Waals surface area contributed by atoms with Gasteiger partial charge in [0.2, 0.25) is 0 Å². The van der Waals surface area contributed by atoms with Gasteiger partial charge in [0.25, 0.3) is 0 Å². The second-order valence-corrected chi connectivity index (χ2v) is 4.09. The number of carboxylic acid groups (broad SMARTS) is 3. The molecule has 0 amide bonds. The Morgan fingerprint density at radius 1 is 1.00 bits per heavy atom. The first kappa shape index (κ1) is 25.3. The first-order chi connectivity index (χ1) is 9.22. The van der Waals surface area contributed by atoms with Crippen LogP contribution < -0.4 is 51.9 Å². The van der Waals surface area contributed by atoms with Gasteiger partial charge in [-0.3, -0.25) is 9.59 Å². The summed E-state index contributed by atoms with van der Waals surface area (Å²) in [4.78, 5) is 29.9. The second kappa shape index (κ2) is 15.7. The van der Waals surface area contributed by atoms with Crippen molar-refractivity contribution in [3.05, 3.63) is 0 Å². The van der Waals surface area contributed by atoms with Crippen LogP contribution in [0.5, 0.6) is 0 Å². The fourth-order valence-electron chi connectivity index (χ4n) is 1.03. The molecule has 8 N–H and O–H groups in total. The molecule has 2 atom stereocenters. The van der Waals surface area contributed by atoms with Gasteiger partial charge in [0.05, 0.1) is 5.97 Å². The minimum absolute atomic E-state index is 0. The molecule has 0 saturated heterocycles. The van der Waals surface area contributed by atoms with Gasteiger partial charge in [0, 0.05) is 12.5 Å². The average molecular weight is 315 g/mol. The van der Waals surface area contributed by atoms with E-state index in [0.29, 0.717) is 13.0 Å². The Bertz CT molecular complexity index is 316. The quantitative estimate of drug-likeness (QED) is 0.204. The third kappa shape index (κ3) is 19.3. The fourth-order valence-corrected chi connectivity index (χ4v) is 1.03. The normalized spacial score (nSPS) is 12.1. The van der Waals surface area contributed by atoms with Gasteiger partial charge in [0.15, 0.2) is 0 Å². The van der Waals surface area contributed by atoms with Crippen LogP contribution in [0.15, 0.2) is 0 Å². The Kier molecular flexibility index (Phi) is 18.9.